The minimum Gasteiger partial charge on any atom is -0.748 e. The number of nitrogens with zero attached hydrogens (tertiary/aromatic N) is 2. The second-order valence-electron chi connectivity index (χ2n) is 15.3. The summed E-state index contributed by atoms with van der Waals surface area (Å²) in [6.45, 7) is 10.7. The molecule has 3 aromatic rings. The molecule has 2 aliphatic heterocycles. The number of hydrogen-bond donors (Lipinski definition) is 1. The Hall–Kier alpha value is -4.31. The van der Waals surface area contributed by atoms with Crippen molar-refractivity contribution in [2.24, 2.45) is 0 Å². The highest BCUT2D eigenvalue weighted by atomic mass is 35.5. The third-order valence-electron chi connectivity index (χ3n) is 10.9. The van der Waals surface area contributed by atoms with Crippen LogP contribution in [-0.2, 0) is 20.9 Å². The molecule has 0 atom stereocenters. The Kier molecular flexibility index (Phi) is 11.8. The van der Waals surface area contributed by atoms with Gasteiger partial charge in [-0.05, 0) is 99.1 Å². The maximum absolute atomic E-state index is 13.3. The van der Waals surface area contributed by atoms with Crippen LogP contribution in [0.1, 0.15) is 87.7 Å². The number of unbranched alkanes of at least 4 members (excludes halogenated alkanes) is 1. The summed E-state index contributed by atoms with van der Waals surface area (Å²) in [5.41, 5.74) is 9.04. The topological polar surface area (TPSA) is 92.5 Å². The Morgan fingerprint density at radius 3 is 2.35 bits per heavy atom. The summed E-state index contributed by atoms with van der Waals surface area (Å²) in [6, 6.07) is 22.3. The highest BCUT2D eigenvalue weighted by Gasteiger charge is 2.44. The molecule has 6 rings (SSSR count). The van der Waals surface area contributed by atoms with E-state index in [4.69, 9.17) is 11.6 Å². The summed E-state index contributed by atoms with van der Waals surface area (Å²) in [5.74, 6) is -0.951. The molecular formula is C44H49ClFN3O4S. The zero-order valence-corrected chi connectivity index (χ0v) is 33.1. The summed E-state index contributed by atoms with van der Waals surface area (Å²) in [4.78, 5) is 14.9. The van der Waals surface area contributed by atoms with E-state index < -0.39 is 10.1 Å². The van der Waals surface area contributed by atoms with E-state index in [0.717, 1.165) is 58.2 Å². The van der Waals surface area contributed by atoms with Crippen LogP contribution in [0.3, 0.4) is 0 Å². The highest BCUT2D eigenvalue weighted by Crippen LogP contribution is 2.48. The van der Waals surface area contributed by atoms with E-state index >= 15 is 0 Å². The van der Waals surface area contributed by atoms with Crippen molar-refractivity contribution in [3.8, 4) is 0 Å². The van der Waals surface area contributed by atoms with Gasteiger partial charge < -0.3 is 14.8 Å². The fraction of sp³-hybridized carbons (Fsp3) is 0.364. The van der Waals surface area contributed by atoms with E-state index in [1.54, 1.807) is 0 Å². The Labute approximate surface area is 324 Å². The zero-order valence-electron chi connectivity index (χ0n) is 31.5. The average Bonchev–Trinajstić information content (AvgIpc) is 3.48. The number of amides is 1. The largest absolute Gasteiger partial charge is 0.748 e. The van der Waals surface area contributed by atoms with Gasteiger partial charge in [0.05, 0.1) is 15.5 Å². The van der Waals surface area contributed by atoms with Gasteiger partial charge in [0.25, 0.3) is 5.91 Å². The molecule has 1 N–H and O–H groups in total. The Balaban J connectivity index is 1.24. The maximum Gasteiger partial charge on any atom is 0.251 e. The quantitative estimate of drug-likeness (QED) is 0.106. The molecular weight excluding hydrogens is 720 g/mol. The van der Waals surface area contributed by atoms with E-state index in [1.165, 1.54) is 35.4 Å². The number of benzene rings is 3. The van der Waals surface area contributed by atoms with Gasteiger partial charge in [0.2, 0.25) is 5.69 Å². The number of fused-ring (bicyclic) bond motifs is 2. The van der Waals surface area contributed by atoms with Gasteiger partial charge >= 0.3 is 0 Å². The van der Waals surface area contributed by atoms with Crippen molar-refractivity contribution < 1.29 is 26.7 Å². The van der Waals surface area contributed by atoms with Crippen molar-refractivity contribution in [3.05, 3.63) is 141 Å². The number of rotatable bonds is 13. The summed E-state index contributed by atoms with van der Waals surface area (Å²) < 4.78 is 49.4. The summed E-state index contributed by atoms with van der Waals surface area (Å²) in [6.07, 6.45) is 13.0. The van der Waals surface area contributed by atoms with Crippen LogP contribution in [0.25, 0.3) is 0 Å². The molecule has 0 radical (unpaired) electrons. The van der Waals surface area contributed by atoms with Gasteiger partial charge in [0.1, 0.15) is 5.82 Å². The van der Waals surface area contributed by atoms with Crippen LogP contribution in [-0.4, -0.2) is 54.6 Å². The molecule has 1 aliphatic carbocycles. The van der Waals surface area contributed by atoms with Crippen molar-refractivity contribution >= 4 is 44.7 Å². The molecule has 54 heavy (non-hydrogen) atoms. The molecule has 0 saturated carbocycles. The van der Waals surface area contributed by atoms with Crippen LogP contribution in [0.2, 0.25) is 0 Å². The van der Waals surface area contributed by atoms with Crippen LogP contribution in [0.4, 0.5) is 15.8 Å². The minimum absolute atomic E-state index is 0.221. The Morgan fingerprint density at radius 1 is 0.907 bits per heavy atom. The lowest BCUT2D eigenvalue weighted by Gasteiger charge is -2.27. The van der Waals surface area contributed by atoms with Crippen LogP contribution in [0.15, 0.2) is 119 Å². The van der Waals surface area contributed by atoms with Gasteiger partial charge in [0, 0.05) is 70.4 Å². The summed E-state index contributed by atoms with van der Waals surface area (Å²) in [5, 5.41) is 3.73. The van der Waals surface area contributed by atoms with E-state index in [-0.39, 0.29) is 28.3 Å². The van der Waals surface area contributed by atoms with E-state index in [9.17, 15) is 22.2 Å². The normalized spacial score (nSPS) is 19.3. The maximum atomic E-state index is 13.3. The van der Waals surface area contributed by atoms with E-state index in [2.05, 4.69) is 103 Å². The van der Waals surface area contributed by atoms with E-state index in [1.807, 2.05) is 12.1 Å². The van der Waals surface area contributed by atoms with Crippen LogP contribution in [0.5, 0.6) is 0 Å². The molecule has 10 heteroatoms. The Bertz CT molecular complexity index is 2180. The molecule has 2 heterocycles. The second-order valence-corrected chi connectivity index (χ2v) is 17.2. The first-order chi connectivity index (χ1) is 25.7. The third-order valence-corrected chi connectivity index (χ3v) is 12.2. The fourth-order valence-electron chi connectivity index (χ4n) is 8.02. The second kappa shape index (κ2) is 16.2. The number of carbonyl (C=O) groups excluding carboxylic acids is 1. The number of anilines is 1. The molecule has 0 saturated heterocycles. The van der Waals surface area contributed by atoms with Crippen molar-refractivity contribution in [2.45, 2.75) is 77.0 Å². The van der Waals surface area contributed by atoms with Crippen LogP contribution in [0, 0.1) is 5.82 Å². The first-order valence-corrected chi connectivity index (χ1v) is 20.7. The number of hydrogen-bond acceptors (Lipinski definition) is 5. The molecule has 3 aromatic carbocycles. The SMILES string of the molecule is CC1(C)C(/C=C/C2=C(Cl)C(=C/C=C3/N(CCCCS(=O)(=O)[O-])c4ccccc4C3(C)C)/CCC2)=[N+](CCCNC(=O)c2ccc([18F])cc2)c2ccccc21. The van der Waals surface area contributed by atoms with Gasteiger partial charge in [-0.25, -0.2) is 12.8 Å². The molecule has 3 aliphatic rings. The van der Waals surface area contributed by atoms with E-state index in [0.29, 0.717) is 44.5 Å². The molecule has 0 fully saturated rings. The first-order valence-electron chi connectivity index (χ1n) is 18.8. The lowest BCUT2D eigenvalue weighted by atomic mass is 9.81. The molecule has 0 bridgehead atoms. The molecule has 0 aromatic heterocycles. The van der Waals surface area contributed by atoms with Gasteiger partial charge in [-0.3, -0.25) is 4.79 Å². The van der Waals surface area contributed by atoms with Gasteiger partial charge in [0.15, 0.2) is 12.3 Å². The van der Waals surface area contributed by atoms with Crippen molar-refractivity contribution in [3.63, 3.8) is 0 Å². The third kappa shape index (κ3) is 8.49. The smallest absolute Gasteiger partial charge is 0.251 e. The molecule has 0 spiro atoms. The van der Waals surface area contributed by atoms with Crippen molar-refractivity contribution in [1.82, 2.24) is 5.32 Å². The first kappa shape index (κ1) is 39.4. The predicted molar refractivity (Wildman–Crippen MR) is 215 cm³/mol. The number of allylic oxidation sites excluding steroid dienone is 8. The minimum atomic E-state index is -4.25. The fourth-order valence-corrected chi connectivity index (χ4v) is 8.89. The lowest BCUT2D eigenvalue weighted by Crippen LogP contribution is -2.29. The zero-order chi connectivity index (χ0) is 38.7. The van der Waals surface area contributed by atoms with Crippen LogP contribution < -0.4 is 10.2 Å². The standard InChI is InChI=1S/C44H49ClFN3O4S/c1-43(2)35-15-5-7-17-37(35)48(28-9-10-30-54(51,52)53)39(43)25-21-31-13-11-14-32(41(31)45)22-26-40-44(3,4)36-16-6-8-18-38(36)49(40)29-12-27-47-42(50)33-19-23-34(46)24-20-33/h5-8,15-26H,9-14,27-30H2,1-4H3,(H-,47,50,51,52,53)/i46-1. The predicted octanol–water partition coefficient (Wildman–Crippen LogP) is 9.19. The van der Waals surface area contributed by atoms with Crippen molar-refractivity contribution in [1.29, 1.82) is 0 Å². The molecule has 1 amide bonds. The number of carbonyl (C=O) groups is 1. The average molecular weight is 769 g/mol. The summed E-state index contributed by atoms with van der Waals surface area (Å²) >= 11 is 7.20. The molecule has 7 nitrogen and oxygen atoms in total. The number of nitrogens with one attached hydrogen (secondary N) is 1. The molecule has 0 unspecified atom stereocenters. The molecule has 284 valence electrons. The monoisotopic (exact) mass is 768 g/mol. The number of para-hydroxylation sites is 2. The van der Waals surface area contributed by atoms with Gasteiger partial charge in [-0.1, -0.05) is 74.0 Å². The Morgan fingerprint density at radius 2 is 1.61 bits per heavy atom. The van der Waals surface area contributed by atoms with Crippen molar-refractivity contribution in [2.75, 3.05) is 30.3 Å². The number of halogens is 2. The lowest BCUT2D eigenvalue weighted by molar-refractivity contribution is -0.437. The van der Waals surface area contributed by atoms with Crippen LogP contribution >= 0.6 is 11.6 Å². The van der Waals surface area contributed by atoms with Gasteiger partial charge in [-0.15, -0.1) is 0 Å². The van der Waals surface area contributed by atoms with Gasteiger partial charge in [-0.2, -0.15) is 4.58 Å². The summed E-state index contributed by atoms with van der Waals surface area (Å²) in [7, 11) is -4.25. The highest BCUT2D eigenvalue weighted by molar-refractivity contribution is 7.85.